The lowest BCUT2D eigenvalue weighted by molar-refractivity contribution is 0.995. The van der Waals surface area contributed by atoms with E-state index in [4.69, 9.17) is 9.97 Å². The maximum Gasteiger partial charge on any atom is 0.235 e. The minimum absolute atomic E-state index is 0.648. The van der Waals surface area contributed by atoms with Gasteiger partial charge in [-0.25, -0.2) is 9.97 Å². The summed E-state index contributed by atoms with van der Waals surface area (Å²) in [7, 11) is 0. The first-order valence-electron chi connectivity index (χ1n) is 19.7. The molecule has 0 spiro atoms. The molecule has 4 nitrogen and oxygen atoms in total. The molecular weight excluding hydrogens is 705 g/mol. The first-order chi connectivity index (χ1) is 28.8. The van der Waals surface area contributed by atoms with Gasteiger partial charge in [-0.1, -0.05) is 158 Å². The second-order valence-corrected chi connectivity index (χ2v) is 15.0. The van der Waals surface area contributed by atoms with Crippen LogP contribution in [0, 0.1) is 0 Å². The van der Waals surface area contributed by atoms with Crippen LogP contribution < -0.4 is 0 Å². The van der Waals surface area contributed by atoms with Crippen LogP contribution in [0.25, 0.3) is 111 Å². The van der Waals surface area contributed by atoms with Gasteiger partial charge in [0.1, 0.15) is 0 Å². The Bertz CT molecular complexity index is 3430. The molecule has 4 heteroatoms. The Hall–Kier alpha value is -7.82. The van der Waals surface area contributed by atoms with Gasteiger partial charge in [0.2, 0.25) is 5.95 Å². The number of benzene rings is 9. The quantitative estimate of drug-likeness (QED) is 0.159. The van der Waals surface area contributed by atoms with Gasteiger partial charge in [-0.3, -0.25) is 4.57 Å². The molecule has 0 amide bonds. The molecular formula is C54H34N4. The smallest absolute Gasteiger partial charge is 0.235 e. The molecule has 9 aromatic carbocycles. The third-order valence-electron chi connectivity index (χ3n) is 11.7. The lowest BCUT2D eigenvalue weighted by Gasteiger charge is -2.12. The molecule has 0 saturated heterocycles. The average molecular weight is 739 g/mol. The summed E-state index contributed by atoms with van der Waals surface area (Å²) in [4.78, 5) is 10.5. The van der Waals surface area contributed by atoms with E-state index >= 15 is 0 Å². The zero-order chi connectivity index (χ0) is 38.2. The van der Waals surface area contributed by atoms with Gasteiger partial charge in [0.05, 0.1) is 33.5 Å². The SMILES string of the molecule is c1ccc(-c2cccc(-n3c4cccc5ccc6c(-c7ccc8c(c7)c7ccccc7n8-c7nc(-c8ccccc8)cc(-c8ccccc8)n7)ccc3c6c54)c2)cc1. The highest BCUT2D eigenvalue weighted by atomic mass is 15.2. The molecule has 58 heavy (non-hydrogen) atoms. The normalized spacial score (nSPS) is 11.8. The van der Waals surface area contributed by atoms with Crippen molar-refractivity contribution in [3.63, 3.8) is 0 Å². The molecule has 0 N–H and O–H groups in total. The predicted octanol–water partition coefficient (Wildman–Crippen LogP) is 13.9. The molecule has 0 atom stereocenters. The molecule has 0 aliphatic heterocycles. The largest absolute Gasteiger partial charge is 0.309 e. The topological polar surface area (TPSA) is 35.6 Å². The van der Waals surface area contributed by atoms with E-state index in [1.54, 1.807) is 0 Å². The van der Waals surface area contributed by atoms with E-state index in [-0.39, 0.29) is 0 Å². The Labute approximate surface area is 334 Å². The number of nitrogens with zero attached hydrogens (tertiary/aromatic N) is 4. The highest BCUT2D eigenvalue weighted by Crippen LogP contribution is 2.44. The molecule has 0 unspecified atom stereocenters. The summed E-state index contributed by atoms with van der Waals surface area (Å²) < 4.78 is 4.66. The van der Waals surface area contributed by atoms with E-state index in [0.29, 0.717) is 5.95 Å². The minimum Gasteiger partial charge on any atom is -0.309 e. The van der Waals surface area contributed by atoms with E-state index in [1.807, 2.05) is 12.1 Å². The second-order valence-electron chi connectivity index (χ2n) is 15.0. The van der Waals surface area contributed by atoms with Crippen LogP contribution in [0.15, 0.2) is 206 Å². The van der Waals surface area contributed by atoms with Gasteiger partial charge in [-0.15, -0.1) is 0 Å². The lowest BCUT2D eigenvalue weighted by atomic mass is 9.94. The van der Waals surface area contributed by atoms with E-state index in [0.717, 1.165) is 50.0 Å². The number of rotatable bonds is 6. The average Bonchev–Trinajstić information content (AvgIpc) is 3.82. The fraction of sp³-hybridized carbons (Fsp3) is 0. The van der Waals surface area contributed by atoms with Crippen LogP contribution in [0.2, 0.25) is 0 Å². The summed E-state index contributed by atoms with van der Waals surface area (Å²) >= 11 is 0. The summed E-state index contributed by atoms with van der Waals surface area (Å²) in [6.45, 7) is 0. The molecule has 0 radical (unpaired) electrons. The number of hydrogen-bond donors (Lipinski definition) is 0. The van der Waals surface area contributed by atoms with Crippen molar-refractivity contribution in [1.82, 2.24) is 19.1 Å². The van der Waals surface area contributed by atoms with E-state index in [1.165, 1.54) is 54.8 Å². The molecule has 0 bridgehead atoms. The summed E-state index contributed by atoms with van der Waals surface area (Å²) in [6.07, 6.45) is 0. The number of hydrogen-bond acceptors (Lipinski definition) is 2. The summed E-state index contributed by atoms with van der Waals surface area (Å²) in [6, 6.07) is 73.8. The van der Waals surface area contributed by atoms with Gasteiger partial charge in [0.15, 0.2) is 0 Å². The first kappa shape index (κ1) is 32.4. The van der Waals surface area contributed by atoms with Crippen molar-refractivity contribution in [2.24, 2.45) is 0 Å². The highest BCUT2D eigenvalue weighted by Gasteiger charge is 2.21. The van der Waals surface area contributed by atoms with Gasteiger partial charge < -0.3 is 4.57 Å². The van der Waals surface area contributed by atoms with E-state index in [2.05, 4.69) is 203 Å². The van der Waals surface area contributed by atoms with Crippen molar-refractivity contribution in [2.45, 2.75) is 0 Å². The lowest BCUT2D eigenvalue weighted by Crippen LogP contribution is -2.04. The van der Waals surface area contributed by atoms with Crippen LogP contribution in [0.4, 0.5) is 0 Å². The Morgan fingerprint density at radius 2 is 0.914 bits per heavy atom. The van der Waals surface area contributed by atoms with Crippen LogP contribution in [0.5, 0.6) is 0 Å². The second kappa shape index (κ2) is 12.9. The van der Waals surface area contributed by atoms with Crippen LogP contribution in [-0.2, 0) is 0 Å². The van der Waals surface area contributed by atoms with Crippen LogP contribution in [-0.4, -0.2) is 19.1 Å². The Kier molecular flexibility index (Phi) is 7.20. The third-order valence-corrected chi connectivity index (χ3v) is 11.7. The van der Waals surface area contributed by atoms with E-state index < -0.39 is 0 Å². The van der Waals surface area contributed by atoms with Gasteiger partial charge >= 0.3 is 0 Å². The molecule has 3 aromatic heterocycles. The van der Waals surface area contributed by atoms with E-state index in [9.17, 15) is 0 Å². The van der Waals surface area contributed by atoms with Crippen LogP contribution >= 0.6 is 0 Å². The van der Waals surface area contributed by atoms with Crippen molar-refractivity contribution in [3.8, 4) is 56.4 Å². The third kappa shape index (κ3) is 5.02. The predicted molar refractivity (Wildman–Crippen MR) is 241 cm³/mol. The van der Waals surface area contributed by atoms with Crippen molar-refractivity contribution in [1.29, 1.82) is 0 Å². The molecule has 0 fully saturated rings. The zero-order valence-electron chi connectivity index (χ0n) is 31.4. The molecule has 3 heterocycles. The van der Waals surface area contributed by atoms with Gasteiger partial charge in [0.25, 0.3) is 0 Å². The van der Waals surface area contributed by atoms with Crippen molar-refractivity contribution < 1.29 is 0 Å². The van der Waals surface area contributed by atoms with Crippen molar-refractivity contribution in [3.05, 3.63) is 206 Å². The molecule has 12 rings (SSSR count). The maximum absolute atomic E-state index is 5.24. The fourth-order valence-corrected chi connectivity index (χ4v) is 9.08. The maximum atomic E-state index is 5.24. The standard InChI is InChI=1S/C54H34N4/c1-4-14-35(15-5-1)39-21-12-22-41(32-39)57-50-25-13-20-38-26-28-44-42(29-31-51(57)53(44)52(38)50)40-27-30-49-45(33-40)43-23-10-11-24-48(43)58(49)54-55-46(36-16-6-2-7-17-36)34-47(56-54)37-18-8-3-9-19-37/h1-34H. The number of fused-ring (bicyclic) bond motifs is 3. The molecule has 0 aliphatic rings. The Morgan fingerprint density at radius 1 is 0.310 bits per heavy atom. The zero-order valence-corrected chi connectivity index (χ0v) is 31.4. The van der Waals surface area contributed by atoms with Crippen LogP contribution in [0.1, 0.15) is 0 Å². The minimum atomic E-state index is 0.648. The monoisotopic (exact) mass is 738 g/mol. The van der Waals surface area contributed by atoms with Gasteiger partial charge in [-0.05, 0) is 81.6 Å². The molecule has 12 aromatic rings. The number of aromatic nitrogens is 4. The Balaban J connectivity index is 1.06. The molecule has 270 valence electrons. The van der Waals surface area contributed by atoms with Crippen molar-refractivity contribution in [2.75, 3.05) is 0 Å². The fourth-order valence-electron chi connectivity index (χ4n) is 9.08. The summed E-state index contributed by atoms with van der Waals surface area (Å²) in [5, 5.41) is 7.40. The Morgan fingerprint density at radius 3 is 1.67 bits per heavy atom. The summed E-state index contributed by atoms with van der Waals surface area (Å²) in [5.74, 6) is 0.648. The highest BCUT2D eigenvalue weighted by molar-refractivity contribution is 6.27. The summed E-state index contributed by atoms with van der Waals surface area (Å²) in [5.41, 5.74) is 14.4. The molecule has 0 aliphatic carbocycles. The molecule has 0 saturated carbocycles. The number of para-hydroxylation sites is 1. The van der Waals surface area contributed by atoms with Crippen LogP contribution in [0.3, 0.4) is 0 Å². The first-order valence-corrected chi connectivity index (χ1v) is 19.7. The van der Waals surface area contributed by atoms with Crippen molar-refractivity contribution >= 4 is 54.4 Å². The van der Waals surface area contributed by atoms with Gasteiger partial charge in [0, 0.05) is 38.4 Å². The van der Waals surface area contributed by atoms with Gasteiger partial charge in [-0.2, -0.15) is 0 Å².